The number of piperidine rings is 1. The molecular weight excluding hydrogens is 354 g/mol. The molecule has 1 N–H and O–H groups in total. The van der Waals surface area contributed by atoms with Crippen LogP contribution in [-0.2, 0) is 6.42 Å². The van der Waals surface area contributed by atoms with Crippen molar-refractivity contribution in [3.8, 4) is 0 Å². The number of likely N-dealkylation sites (N-methyl/N-ethyl adjacent to an activating group) is 1. The lowest BCUT2D eigenvalue weighted by atomic mass is 10.1. The van der Waals surface area contributed by atoms with Crippen LogP contribution in [0.3, 0.4) is 0 Å². The molecule has 0 radical (unpaired) electrons. The molecule has 2 fully saturated rings. The van der Waals surface area contributed by atoms with Crippen LogP contribution < -0.4 is 5.32 Å². The molecule has 0 bridgehead atoms. The summed E-state index contributed by atoms with van der Waals surface area (Å²) in [5.74, 6) is 0. The number of hydrogen-bond acceptors (Lipinski definition) is 3. The molecule has 4 amide bonds. The molecule has 3 heterocycles. The highest BCUT2D eigenvalue weighted by atomic mass is 16.2. The second kappa shape index (κ2) is 9.26. The second-order valence-corrected chi connectivity index (χ2v) is 8.18. The van der Waals surface area contributed by atoms with E-state index in [2.05, 4.69) is 16.4 Å². The predicted octanol–water partition coefficient (Wildman–Crippen LogP) is 2.64. The molecular formula is C21H33N5O2. The van der Waals surface area contributed by atoms with E-state index in [4.69, 9.17) is 0 Å². The third kappa shape index (κ3) is 5.14. The Morgan fingerprint density at radius 3 is 2.50 bits per heavy atom. The van der Waals surface area contributed by atoms with Crippen LogP contribution >= 0.6 is 0 Å². The summed E-state index contributed by atoms with van der Waals surface area (Å²) in [6.45, 7) is 7.29. The quantitative estimate of drug-likeness (QED) is 0.864. The fraction of sp³-hybridized carbons (Fsp3) is 0.667. The van der Waals surface area contributed by atoms with Crippen LogP contribution in [-0.4, -0.2) is 77.1 Å². The summed E-state index contributed by atoms with van der Waals surface area (Å²) in [6.07, 6.45) is 6.39. The lowest BCUT2D eigenvalue weighted by Gasteiger charge is -2.36. The molecule has 2 aliphatic rings. The average molecular weight is 388 g/mol. The van der Waals surface area contributed by atoms with Crippen LogP contribution in [0.1, 0.15) is 43.9 Å². The Hall–Kier alpha value is -2.31. The number of nitrogens with one attached hydrogen (secondary N) is 1. The van der Waals surface area contributed by atoms with Gasteiger partial charge in [0.2, 0.25) is 0 Å². The highest BCUT2D eigenvalue weighted by Crippen LogP contribution is 2.16. The van der Waals surface area contributed by atoms with Crippen LogP contribution in [0.2, 0.25) is 0 Å². The summed E-state index contributed by atoms with van der Waals surface area (Å²) in [6, 6.07) is 4.34. The van der Waals surface area contributed by atoms with Gasteiger partial charge in [0.05, 0.1) is 0 Å². The van der Waals surface area contributed by atoms with E-state index in [1.165, 1.54) is 5.56 Å². The van der Waals surface area contributed by atoms with Crippen LogP contribution in [0.15, 0.2) is 18.3 Å². The molecule has 1 aromatic heterocycles. The van der Waals surface area contributed by atoms with E-state index in [0.717, 1.165) is 50.9 Å². The minimum Gasteiger partial charge on any atom is -0.335 e. The van der Waals surface area contributed by atoms with Gasteiger partial charge in [0.25, 0.3) is 0 Å². The number of hydrogen-bond donors (Lipinski definition) is 1. The van der Waals surface area contributed by atoms with Crippen LogP contribution in [0.25, 0.3) is 0 Å². The Labute approximate surface area is 168 Å². The number of amides is 4. The van der Waals surface area contributed by atoms with Gasteiger partial charge in [-0.2, -0.15) is 0 Å². The largest absolute Gasteiger partial charge is 0.335 e. The maximum absolute atomic E-state index is 12.6. The summed E-state index contributed by atoms with van der Waals surface area (Å²) in [5, 5.41) is 3.14. The van der Waals surface area contributed by atoms with Crippen LogP contribution in [0, 0.1) is 6.92 Å². The number of aryl methyl sites for hydroxylation is 1. The van der Waals surface area contributed by atoms with Crippen molar-refractivity contribution in [2.75, 3.05) is 33.2 Å². The van der Waals surface area contributed by atoms with Gasteiger partial charge in [-0.3, -0.25) is 4.98 Å². The third-order valence-corrected chi connectivity index (χ3v) is 5.93. The maximum atomic E-state index is 12.6. The minimum atomic E-state index is -0.0514. The van der Waals surface area contributed by atoms with Gasteiger partial charge in [0.1, 0.15) is 0 Å². The highest BCUT2D eigenvalue weighted by Gasteiger charge is 2.29. The number of carbonyl (C=O) groups is 2. The van der Waals surface area contributed by atoms with Gasteiger partial charge in [0.15, 0.2) is 0 Å². The van der Waals surface area contributed by atoms with E-state index in [1.54, 1.807) is 4.90 Å². The van der Waals surface area contributed by atoms with Crippen molar-refractivity contribution in [2.24, 2.45) is 0 Å². The summed E-state index contributed by atoms with van der Waals surface area (Å²) >= 11 is 0. The Bertz CT molecular complexity index is 681. The Morgan fingerprint density at radius 2 is 1.86 bits per heavy atom. The van der Waals surface area contributed by atoms with Crippen molar-refractivity contribution in [3.63, 3.8) is 0 Å². The molecule has 0 aromatic carbocycles. The molecule has 3 rings (SSSR count). The minimum absolute atomic E-state index is 0.0514. The number of pyridine rings is 1. The zero-order valence-corrected chi connectivity index (χ0v) is 17.4. The zero-order valence-electron chi connectivity index (χ0n) is 17.4. The normalized spacial score (nSPS) is 18.8. The molecule has 154 valence electrons. The lowest BCUT2D eigenvalue weighted by molar-refractivity contribution is 0.142. The van der Waals surface area contributed by atoms with E-state index in [1.807, 2.05) is 43.0 Å². The summed E-state index contributed by atoms with van der Waals surface area (Å²) in [4.78, 5) is 35.2. The molecule has 28 heavy (non-hydrogen) atoms. The van der Waals surface area contributed by atoms with Crippen molar-refractivity contribution in [1.82, 2.24) is 25.0 Å². The first kappa shape index (κ1) is 20.4. The number of nitrogens with zero attached hydrogens (tertiary/aromatic N) is 4. The monoisotopic (exact) mass is 387 g/mol. The number of carbonyl (C=O) groups excluding carboxylic acids is 2. The van der Waals surface area contributed by atoms with E-state index < -0.39 is 0 Å². The lowest BCUT2D eigenvalue weighted by Crippen LogP contribution is -2.52. The highest BCUT2D eigenvalue weighted by molar-refractivity contribution is 5.75. The molecule has 2 aliphatic heterocycles. The predicted molar refractivity (Wildman–Crippen MR) is 109 cm³/mol. The molecule has 7 heteroatoms. The summed E-state index contributed by atoms with van der Waals surface area (Å²) < 4.78 is 0. The van der Waals surface area contributed by atoms with Gasteiger partial charge >= 0.3 is 12.1 Å². The number of aromatic nitrogens is 1. The van der Waals surface area contributed by atoms with Crippen molar-refractivity contribution in [1.29, 1.82) is 0 Å². The Kier molecular flexibility index (Phi) is 6.75. The molecule has 7 nitrogen and oxygen atoms in total. The van der Waals surface area contributed by atoms with Gasteiger partial charge in [-0.25, -0.2) is 9.59 Å². The number of rotatable bonds is 4. The molecule has 1 atom stereocenters. The standard InChI is InChI=1S/C21H33N5O2/c1-16-6-9-22-19(14-16)15-17(2)24(3)20(27)23-18-7-12-26(13-8-18)21(28)25-10-4-5-11-25/h6,9,14,17-18H,4-5,7-8,10-13,15H2,1-3H3,(H,23,27). The molecule has 0 aliphatic carbocycles. The fourth-order valence-electron chi connectivity index (χ4n) is 3.95. The fourth-order valence-corrected chi connectivity index (χ4v) is 3.95. The van der Waals surface area contributed by atoms with Gasteiger partial charge in [-0.05, 0) is 57.2 Å². The van der Waals surface area contributed by atoms with Gasteiger partial charge in [-0.1, -0.05) is 0 Å². The molecule has 1 aromatic rings. The van der Waals surface area contributed by atoms with Crippen molar-refractivity contribution < 1.29 is 9.59 Å². The van der Waals surface area contributed by atoms with E-state index in [0.29, 0.717) is 13.1 Å². The van der Waals surface area contributed by atoms with Crippen LogP contribution in [0.5, 0.6) is 0 Å². The summed E-state index contributed by atoms with van der Waals surface area (Å²) in [7, 11) is 1.84. The third-order valence-electron chi connectivity index (χ3n) is 5.93. The smallest absolute Gasteiger partial charge is 0.319 e. The van der Waals surface area contributed by atoms with Crippen molar-refractivity contribution in [3.05, 3.63) is 29.6 Å². The molecule has 0 spiro atoms. The average Bonchev–Trinajstić information content (AvgIpc) is 3.22. The maximum Gasteiger partial charge on any atom is 0.319 e. The SMILES string of the molecule is Cc1ccnc(CC(C)N(C)C(=O)NC2CCN(C(=O)N3CCCC3)CC2)c1. The number of likely N-dealkylation sites (tertiary alicyclic amines) is 2. The molecule has 2 saturated heterocycles. The Morgan fingerprint density at radius 1 is 1.21 bits per heavy atom. The summed E-state index contributed by atoms with van der Waals surface area (Å²) in [5.41, 5.74) is 2.18. The Balaban J connectivity index is 1.43. The van der Waals surface area contributed by atoms with E-state index in [-0.39, 0.29) is 24.1 Å². The molecule has 1 unspecified atom stereocenters. The first-order chi connectivity index (χ1) is 13.4. The van der Waals surface area contributed by atoms with Gasteiger partial charge < -0.3 is 20.0 Å². The van der Waals surface area contributed by atoms with Gasteiger partial charge in [0, 0.05) is 63.6 Å². The second-order valence-electron chi connectivity index (χ2n) is 8.18. The van der Waals surface area contributed by atoms with Gasteiger partial charge in [-0.15, -0.1) is 0 Å². The number of urea groups is 2. The topological polar surface area (TPSA) is 68.8 Å². The van der Waals surface area contributed by atoms with E-state index >= 15 is 0 Å². The van der Waals surface area contributed by atoms with Crippen LogP contribution in [0.4, 0.5) is 9.59 Å². The zero-order chi connectivity index (χ0) is 20.1. The van der Waals surface area contributed by atoms with Crippen molar-refractivity contribution in [2.45, 2.75) is 58.0 Å². The van der Waals surface area contributed by atoms with Crippen molar-refractivity contribution >= 4 is 12.1 Å². The first-order valence-corrected chi connectivity index (χ1v) is 10.4. The van der Waals surface area contributed by atoms with E-state index in [9.17, 15) is 9.59 Å². The first-order valence-electron chi connectivity index (χ1n) is 10.4. The molecule has 0 saturated carbocycles.